The van der Waals surface area contributed by atoms with Crippen LogP contribution < -0.4 is 0 Å². The molecule has 0 radical (unpaired) electrons. The predicted molar refractivity (Wildman–Crippen MR) is 88.5 cm³/mol. The molecule has 11 atom stereocenters. The van der Waals surface area contributed by atoms with Gasteiger partial charge in [0.05, 0.1) is 36.4 Å². The van der Waals surface area contributed by atoms with Crippen LogP contribution in [0.3, 0.4) is 0 Å². The molecule has 2 saturated heterocycles. The van der Waals surface area contributed by atoms with Crippen LogP contribution in [-0.2, 0) is 4.74 Å². The molecule has 6 rings (SSSR count). The van der Waals surface area contributed by atoms with E-state index in [0.29, 0.717) is 25.7 Å². The van der Waals surface area contributed by atoms with E-state index in [1.54, 1.807) is 0 Å². The molecule has 2 spiro atoms. The quantitative estimate of drug-likeness (QED) is 0.322. The molecule has 4 aliphatic carbocycles. The van der Waals surface area contributed by atoms with Gasteiger partial charge in [0.25, 0.3) is 0 Å². The molecule has 0 aromatic heterocycles. The molecule has 0 amide bonds. The second-order valence-corrected chi connectivity index (χ2v) is 10.2. The van der Waals surface area contributed by atoms with E-state index in [1.165, 1.54) is 0 Å². The minimum atomic E-state index is -2.15. The van der Waals surface area contributed by atoms with Crippen molar-refractivity contribution in [1.29, 1.82) is 0 Å². The molecule has 6 aliphatic rings. The summed E-state index contributed by atoms with van der Waals surface area (Å²) in [6, 6.07) is 0. The minimum Gasteiger partial charge on any atom is -0.392 e. The Morgan fingerprint density at radius 3 is 2.27 bits per heavy atom. The number of aliphatic hydroxyl groups excluding tert-OH is 5. The number of rotatable bonds is 0. The van der Waals surface area contributed by atoms with Crippen LogP contribution in [0.25, 0.3) is 0 Å². The normalized spacial score (nSPS) is 65.5. The molecule has 0 aromatic carbocycles. The van der Waals surface area contributed by atoms with Gasteiger partial charge in [-0.05, 0) is 37.0 Å². The molecule has 4 bridgehead atoms. The first-order valence-corrected chi connectivity index (χ1v) is 9.83. The lowest BCUT2D eigenvalue weighted by Crippen LogP contribution is -2.86. The van der Waals surface area contributed by atoms with E-state index in [-0.39, 0.29) is 12.0 Å². The van der Waals surface area contributed by atoms with Crippen LogP contribution >= 0.6 is 0 Å². The minimum absolute atomic E-state index is 0.0858. The molecular formula is C19H30O7. The van der Waals surface area contributed by atoms with Gasteiger partial charge in [0.1, 0.15) is 6.10 Å². The van der Waals surface area contributed by atoms with Crippen LogP contribution in [0.1, 0.15) is 39.5 Å². The zero-order valence-corrected chi connectivity index (χ0v) is 15.2. The summed E-state index contributed by atoms with van der Waals surface area (Å²) in [5, 5.41) is 66.6. The molecule has 0 aromatic rings. The smallest absolute Gasteiger partial charge is 0.203 e. The van der Waals surface area contributed by atoms with Gasteiger partial charge in [0.15, 0.2) is 0 Å². The second kappa shape index (κ2) is 4.82. The van der Waals surface area contributed by atoms with Gasteiger partial charge in [-0.3, -0.25) is 0 Å². The maximum absolute atomic E-state index is 11.6. The van der Waals surface area contributed by atoms with Gasteiger partial charge >= 0.3 is 0 Å². The predicted octanol–water partition coefficient (Wildman–Crippen LogP) is -1.03. The fourth-order valence-electron chi connectivity index (χ4n) is 8.21. The van der Waals surface area contributed by atoms with Gasteiger partial charge in [-0.15, -0.1) is 0 Å². The van der Waals surface area contributed by atoms with Crippen molar-refractivity contribution >= 4 is 0 Å². The molecule has 148 valence electrons. The van der Waals surface area contributed by atoms with Crippen molar-refractivity contribution in [1.82, 2.24) is 0 Å². The van der Waals surface area contributed by atoms with E-state index in [9.17, 15) is 30.6 Å². The third-order valence-electron chi connectivity index (χ3n) is 9.14. The number of ether oxygens (including phenoxy) is 1. The highest BCUT2D eigenvalue weighted by molar-refractivity contribution is 5.31. The van der Waals surface area contributed by atoms with Crippen molar-refractivity contribution in [2.45, 2.75) is 75.8 Å². The van der Waals surface area contributed by atoms with E-state index in [2.05, 4.69) is 0 Å². The van der Waals surface area contributed by atoms with Gasteiger partial charge < -0.3 is 35.4 Å². The summed E-state index contributed by atoms with van der Waals surface area (Å²) >= 11 is 0. The maximum atomic E-state index is 11.6. The van der Waals surface area contributed by atoms with E-state index >= 15 is 0 Å². The monoisotopic (exact) mass is 370 g/mol. The van der Waals surface area contributed by atoms with Crippen LogP contribution in [0.4, 0.5) is 0 Å². The molecule has 4 saturated carbocycles. The molecule has 7 heteroatoms. The van der Waals surface area contributed by atoms with E-state index in [4.69, 9.17) is 4.74 Å². The van der Waals surface area contributed by atoms with Crippen molar-refractivity contribution in [3.05, 3.63) is 0 Å². The Morgan fingerprint density at radius 1 is 0.885 bits per heavy atom. The second-order valence-electron chi connectivity index (χ2n) is 10.2. The van der Waals surface area contributed by atoms with Gasteiger partial charge in [-0.25, -0.2) is 0 Å². The molecule has 26 heavy (non-hydrogen) atoms. The van der Waals surface area contributed by atoms with E-state index in [1.807, 2.05) is 13.8 Å². The summed E-state index contributed by atoms with van der Waals surface area (Å²) in [5.41, 5.74) is -2.78. The third kappa shape index (κ3) is 1.49. The van der Waals surface area contributed by atoms with Crippen molar-refractivity contribution < 1.29 is 35.4 Å². The SMILES string of the molecule is CC1(C)CC[C@H](O)[C@]23CO[C@@](O)([C@@H](O)C12)C12C(O)C(O)[C@H](CCC13)[C@H]2O. The van der Waals surface area contributed by atoms with Crippen molar-refractivity contribution in [2.75, 3.05) is 6.61 Å². The van der Waals surface area contributed by atoms with Gasteiger partial charge in [0.2, 0.25) is 5.79 Å². The average Bonchev–Trinajstić information content (AvgIpc) is 2.69. The molecule has 2 aliphatic heterocycles. The molecule has 2 heterocycles. The highest BCUT2D eigenvalue weighted by atomic mass is 16.6. The Labute approximate surface area is 152 Å². The molecule has 7 nitrogen and oxygen atoms in total. The van der Waals surface area contributed by atoms with Crippen LogP contribution in [-0.4, -0.2) is 73.6 Å². The molecule has 6 fully saturated rings. The van der Waals surface area contributed by atoms with E-state index < -0.39 is 64.9 Å². The number of hydrogen-bond donors (Lipinski definition) is 6. The van der Waals surface area contributed by atoms with E-state index in [0.717, 1.165) is 0 Å². The van der Waals surface area contributed by atoms with Gasteiger partial charge in [-0.1, -0.05) is 13.8 Å². The Hall–Kier alpha value is -0.280. The largest absolute Gasteiger partial charge is 0.392 e. The lowest BCUT2D eigenvalue weighted by Gasteiger charge is -2.75. The molecular weight excluding hydrogens is 340 g/mol. The fraction of sp³-hybridized carbons (Fsp3) is 1.00. The maximum Gasteiger partial charge on any atom is 0.203 e. The van der Waals surface area contributed by atoms with Gasteiger partial charge in [0, 0.05) is 17.3 Å². The molecule has 5 unspecified atom stereocenters. The zero-order valence-electron chi connectivity index (χ0n) is 15.2. The summed E-state index contributed by atoms with van der Waals surface area (Å²) in [5.74, 6) is -3.56. The topological polar surface area (TPSA) is 131 Å². The average molecular weight is 370 g/mol. The Bertz CT molecular complexity index is 633. The Balaban J connectivity index is 1.79. The first kappa shape index (κ1) is 17.8. The van der Waals surface area contributed by atoms with Crippen molar-refractivity contribution in [3.63, 3.8) is 0 Å². The van der Waals surface area contributed by atoms with Crippen LogP contribution in [0.2, 0.25) is 0 Å². The lowest BCUT2D eigenvalue weighted by molar-refractivity contribution is -0.477. The van der Waals surface area contributed by atoms with Crippen LogP contribution in [0, 0.1) is 34.0 Å². The highest BCUT2D eigenvalue weighted by Crippen LogP contribution is 2.76. The third-order valence-corrected chi connectivity index (χ3v) is 9.14. The summed E-state index contributed by atoms with van der Waals surface area (Å²) in [4.78, 5) is 0. The number of aliphatic hydroxyl groups is 6. The summed E-state index contributed by atoms with van der Waals surface area (Å²) in [7, 11) is 0. The fourth-order valence-corrected chi connectivity index (χ4v) is 8.21. The van der Waals surface area contributed by atoms with Crippen molar-refractivity contribution in [3.8, 4) is 0 Å². The first-order chi connectivity index (χ1) is 12.1. The Morgan fingerprint density at radius 2 is 1.58 bits per heavy atom. The number of hydrogen-bond acceptors (Lipinski definition) is 7. The summed E-state index contributed by atoms with van der Waals surface area (Å²) in [6.45, 7) is 4.16. The summed E-state index contributed by atoms with van der Waals surface area (Å²) in [6.07, 6.45) is -3.56. The summed E-state index contributed by atoms with van der Waals surface area (Å²) < 4.78 is 5.79. The standard InChI is InChI=1S/C19H30O7/c1-16(2)6-5-10(20)17-7-26-19(25,15(24)12(16)17)18-9(17)4-3-8(13(18)22)11(21)14(18)23/h8-15,20-25H,3-7H2,1-2H3/t8-,9?,10-,11?,12?,13+,14?,15-,17+,18?,19-/m0/s1. The molecule has 6 N–H and O–H groups in total. The zero-order chi connectivity index (χ0) is 18.9. The van der Waals surface area contributed by atoms with Crippen molar-refractivity contribution in [2.24, 2.45) is 34.0 Å². The van der Waals surface area contributed by atoms with Crippen LogP contribution in [0.5, 0.6) is 0 Å². The lowest BCUT2D eigenvalue weighted by atomic mass is 9.35. The highest BCUT2D eigenvalue weighted by Gasteiger charge is 2.87. The van der Waals surface area contributed by atoms with Gasteiger partial charge in [-0.2, -0.15) is 0 Å². The number of fused-ring (bicyclic) bond motifs is 2. The first-order valence-electron chi connectivity index (χ1n) is 9.83. The van der Waals surface area contributed by atoms with Crippen LogP contribution in [0.15, 0.2) is 0 Å². The Kier molecular flexibility index (Phi) is 3.30.